The topological polar surface area (TPSA) is 76.6 Å². The lowest BCUT2D eigenvalue weighted by atomic mass is 9.73. The van der Waals surface area contributed by atoms with Gasteiger partial charge in [-0.25, -0.2) is 0 Å². The second kappa shape index (κ2) is 6.85. The fourth-order valence-electron chi connectivity index (χ4n) is 4.32. The van der Waals surface area contributed by atoms with Gasteiger partial charge in [0.05, 0.1) is 36.4 Å². The van der Waals surface area contributed by atoms with Crippen LogP contribution in [0.1, 0.15) is 17.7 Å². The summed E-state index contributed by atoms with van der Waals surface area (Å²) in [5.74, 6) is 0.425. The van der Waals surface area contributed by atoms with Crippen molar-refractivity contribution in [3.8, 4) is 0 Å². The van der Waals surface area contributed by atoms with Gasteiger partial charge in [0.25, 0.3) is 0 Å². The first-order valence-corrected chi connectivity index (χ1v) is 8.99. The lowest BCUT2D eigenvalue weighted by Crippen LogP contribution is -2.50. The van der Waals surface area contributed by atoms with E-state index in [1.54, 1.807) is 23.4 Å². The van der Waals surface area contributed by atoms with Gasteiger partial charge in [-0.3, -0.25) is 14.4 Å². The van der Waals surface area contributed by atoms with E-state index in [0.29, 0.717) is 19.8 Å². The molecule has 140 valence electrons. The first-order chi connectivity index (χ1) is 12.6. The summed E-state index contributed by atoms with van der Waals surface area (Å²) in [6.07, 6.45) is 5.89. The molecule has 0 N–H and O–H groups in total. The Kier molecular flexibility index (Phi) is 4.54. The van der Waals surface area contributed by atoms with Gasteiger partial charge in [-0.15, -0.1) is 5.10 Å². The van der Waals surface area contributed by atoms with E-state index in [1.165, 1.54) is 0 Å². The zero-order valence-corrected chi connectivity index (χ0v) is 15.3. The van der Waals surface area contributed by atoms with E-state index in [9.17, 15) is 4.79 Å². The molecule has 2 atom stereocenters. The van der Waals surface area contributed by atoms with Gasteiger partial charge in [0.15, 0.2) is 0 Å². The molecule has 1 amide bonds. The molecule has 2 aromatic rings. The molecule has 0 aliphatic carbocycles. The summed E-state index contributed by atoms with van der Waals surface area (Å²) in [6.45, 7) is 4.21. The molecule has 2 unspecified atom stereocenters. The molecule has 0 saturated carbocycles. The van der Waals surface area contributed by atoms with Crippen LogP contribution in [0.4, 0.5) is 0 Å². The van der Waals surface area contributed by atoms with Gasteiger partial charge in [-0.05, 0) is 12.5 Å². The normalized spacial score (nSPS) is 26.0. The van der Waals surface area contributed by atoms with Gasteiger partial charge in [-0.1, -0.05) is 5.21 Å². The van der Waals surface area contributed by atoms with E-state index < -0.39 is 0 Å². The molecule has 0 bridgehead atoms. The zero-order chi connectivity index (χ0) is 18.1. The summed E-state index contributed by atoms with van der Waals surface area (Å²) in [7, 11) is 3.78. The maximum atomic E-state index is 13.4. The van der Waals surface area contributed by atoms with Crippen molar-refractivity contribution in [2.75, 3.05) is 33.4 Å². The summed E-state index contributed by atoms with van der Waals surface area (Å²) in [6, 6.07) is 1.90. The molecule has 2 aromatic heterocycles. The molecule has 0 radical (unpaired) electrons. The average Bonchev–Trinajstić information content (AvgIpc) is 3.35. The van der Waals surface area contributed by atoms with E-state index in [4.69, 9.17) is 9.15 Å². The lowest BCUT2D eigenvalue weighted by Gasteiger charge is -2.39. The van der Waals surface area contributed by atoms with Gasteiger partial charge in [0.1, 0.15) is 0 Å². The number of fused-ring (bicyclic) bond motifs is 1. The van der Waals surface area contributed by atoms with Crippen LogP contribution in [-0.2, 0) is 29.7 Å². The number of aromatic nitrogens is 3. The molecule has 26 heavy (non-hydrogen) atoms. The van der Waals surface area contributed by atoms with Crippen molar-refractivity contribution in [1.29, 1.82) is 0 Å². The molecule has 2 saturated heterocycles. The second-order valence-corrected chi connectivity index (χ2v) is 7.49. The molecular formula is C18H25N5O3. The molecule has 0 aromatic carbocycles. The summed E-state index contributed by atoms with van der Waals surface area (Å²) in [5.41, 5.74) is 1.69. The molecule has 8 heteroatoms. The third-order valence-electron chi connectivity index (χ3n) is 5.74. The van der Waals surface area contributed by atoms with E-state index >= 15 is 0 Å². The number of rotatable bonds is 5. The number of carbonyl (C=O) groups is 1. The quantitative estimate of drug-likeness (QED) is 0.790. The highest BCUT2D eigenvalue weighted by molar-refractivity contribution is 5.83. The van der Waals surface area contributed by atoms with Crippen molar-refractivity contribution < 1.29 is 13.9 Å². The number of amides is 1. The highest BCUT2D eigenvalue weighted by atomic mass is 16.5. The highest BCUT2D eigenvalue weighted by Gasteiger charge is 2.54. The van der Waals surface area contributed by atoms with E-state index in [-0.39, 0.29) is 17.2 Å². The standard InChI is InChI=1S/C18H25N5O3/c1-21(8-14-3-5-25-11-14)17(24)18-4-6-26-12-15(18)9-23(13-18)10-16-7-19-20-22(16)2/h3,5,7,11,15H,4,6,8-10,12-13H2,1-2H3. The first kappa shape index (κ1) is 17.2. The van der Waals surface area contributed by atoms with E-state index in [0.717, 1.165) is 37.3 Å². The van der Waals surface area contributed by atoms with Crippen LogP contribution in [0.3, 0.4) is 0 Å². The van der Waals surface area contributed by atoms with Gasteiger partial charge < -0.3 is 14.1 Å². The monoisotopic (exact) mass is 359 g/mol. The predicted molar refractivity (Wildman–Crippen MR) is 92.8 cm³/mol. The van der Waals surface area contributed by atoms with Crippen LogP contribution >= 0.6 is 0 Å². The number of aryl methyl sites for hydroxylation is 1. The third-order valence-corrected chi connectivity index (χ3v) is 5.74. The van der Waals surface area contributed by atoms with Crippen molar-refractivity contribution in [1.82, 2.24) is 24.8 Å². The minimum Gasteiger partial charge on any atom is -0.472 e. The number of furan rings is 1. The van der Waals surface area contributed by atoms with Gasteiger partial charge in [0.2, 0.25) is 5.91 Å². The minimum absolute atomic E-state index is 0.206. The average molecular weight is 359 g/mol. The molecule has 2 aliphatic heterocycles. The van der Waals surface area contributed by atoms with Crippen LogP contribution in [0.5, 0.6) is 0 Å². The van der Waals surface area contributed by atoms with Crippen molar-refractivity contribution in [3.05, 3.63) is 36.0 Å². The fraction of sp³-hybridized carbons (Fsp3) is 0.611. The van der Waals surface area contributed by atoms with Gasteiger partial charge in [0, 0.05) is 58.4 Å². The van der Waals surface area contributed by atoms with Crippen molar-refractivity contribution >= 4 is 5.91 Å². The molecule has 2 fully saturated rings. The molecule has 2 aliphatic rings. The summed E-state index contributed by atoms with van der Waals surface area (Å²) < 4.78 is 12.6. The van der Waals surface area contributed by atoms with Crippen LogP contribution in [0.15, 0.2) is 29.2 Å². The molecular weight excluding hydrogens is 334 g/mol. The Morgan fingerprint density at radius 1 is 1.50 bits per heavy atom. The predicted octanol–water partition coefficient (Wildman–Crippen LogP) is 0.905. The van der Waals surface area contributed by atoms with Crippen molar-refractivity contribution in [3.63, 3.8) is 0 Å². The number of hydrogen-bond acceptors (Lipinski definition) is 6. The number of likely N-dealkylation sites (tertiary alicyclic amines) is 1. The molecule has 4 heterocycles. The maximum Gasteiger partial charge on any atom is 0.230 e. The molecule has 4 rings (SSSR count). The molecule has 0 spiro atoms. The summed E-state index contributed by atoms with van der Waals surface area (Å²) in [4.78, 5) is 17.6. The number of ether oxygens (including phenoxy) is 1. The maximum absolute atomic E-state index is 13.4. The number of carbonyl (C=O) groups excluding carboxylic acids is 1. The zero-order valence-electron chi connectivity index (χ0n) is 15.3. The summed E-state index contributed by atoms with van der Waals surface area (Å²) >= 11 is 0. The SMILES string of the molecule is CN(Cc1ccoc1)C(=O)C12CCOCC1CN(Cc1cnnn1C)C2. The first-order valence-electron chi connectivity index (χ1n) is 8.99. The fourth-order valence-corrected chi connectivity index (χ4v) is 4.32. The van der Waals surface area contributed by atoms with Gasteiger partial charge in [-0.2, -0.15) is 0 Å². The number of nitrogens with zero attached hydrogens (tertiary/aromatic N) is 5. The Morgan fingerprint density at radius 2 is 2.38 bits per heavy atom. The Hall–Kier alpha value is -2.19. The van der Waals surface area contributed by atoms with Gasteiger partial charge >= 0.3 is 0 Å². The van der Waals surface area contributed by atoms with Crippen LogP contribution < -0.4 is 0 Å². The van der Waals surface area contributed by atoms with Crippen molar-refractivity contribution in [2.45, 2.75) is 19.5 Å². The Bertz CT molecular complexity index is 759. The van der Waals surface area contributed by atoms with E-state index in [1.807, 2.05) is 25.1 Å². The lowest BCUT2D eigenvalue weighted by molar-refractivity contribution is -0.149. The summed E-state index contributed by atoms with van der Waals surface area (Å²) in [5, 5.41) is 7.96. The Balaban J connectivity index is 1.51. The minimum atomic E-state index is -0.372. The van der Waals surface area contributed by atoms with Crippen LogP contribution in [0.25, 0.3) is 0 Å². The number of hydrogen-bond donors (Lipinski definition) is 0. The third kappa shape index (κ3) is 3.03. The highest BCUT2D eigenvalue weighted by Crippen LogP contribution is 2.44. The van der Waals surface area contributed by atoms with Crippen molar-refractivity contribution in [2.24, 2.45) is 18.4 Å². The Morgan fingerprint density at radius 3 is 3.12 bits per heavy atom. The largest absolute Gasteiger partial charge is 0.472 e. The Labute approximate surface area is 152 Å². The molecule has 8 nitrogen and oxygen atoms in total. The second-order valence-electron chi connectivity index (χ2n) is 7.49. The van der Waals surface area contributed by atoms with Crippen LogP contribution in [-0.4, -0.2) is 64.1 Å². The van der Waals surface area contributed by atoms with Crippen LogP contribution in [0.2, 0.25) is 0 Å². The van der Waals surface area contributed by atoms with E-state index in [2.05, 4.69) is 15.2 Å². The van der Waals surface area contributed by atoms with Crippen LogP contribution in [0, 0.1) is 11.3 Å². The smallest absolute Gasteiger partial charge is 0.230 e.